The van der Waals surface area contributed by atoms with Gasteiger partial charge in [0.15, 0.2) is 0 Å². The van der Waals surface area contributed by atoms with E-state index in [0.29, 0.717) is 4.47 Å². The average Bonchev–Trinajstić information content (AvgIpc) is 2.26. The third-order valence-electron chi connectivity index (χ3n) is 2.22. The van der Waals surface area contributed by atoms with Crippen molar-refractivity contribution in [2.24, 2.45) is 5.73 Å². The van der Waals surface area contributed by atoms with Crippen LogP contribution in [0.4, 0.5) is 0 Å². The van der Waals surface area contributed by atoms with Crippen LogP contribution in [0.2, 0.25) is 0 Å². The quantitative estimate of drug-likeness (QED) is 0.763. The van der Waals surface area contributed by atoms with Gasteiger partial charge in [0, 0.05) is 17.4 Å². The molecule has 0 bridgehead atoms. The van der Waals surface area contributed by atoms with E-state index in [0.717, 1.165) is 0 Å². The first-order valence-corrected chi connectivity index (χ1v) is 8.24. The summed E-state index contributed by atoms with van der Waals surface area (Å²) in [4.78, 5) is 10.7. The molecule has 0 aliphatic heterocycles. The molecule has 1 amide bonds. The second kappa shape index (κ2) is 7.05. The molecule has 0 saturated carbocycles. The van der Waals surface area contributed by atoms with E-state index in [2.05, 4.69) is 20.7 Å². The number of benzene rings is 1. The number of hydrogen-bond acceptors (Lipinski definition) is 4. The van der Waals surface area contributed by atoms with Crippen molar-refractivity contribution in [3.63, 3.8) is 0 Å². The number of carbonyl (C=O) groups is 1. The van der Waals surface area contributed by atoms with Crippen LogP contribution in [0.3, 0.4) is 0 Å². The first-order chi connectivity index (χ1) is 9.22. The number of primary amides is 1. The molecule has 0 atom stereocenters. The van der Waals surface area contributed by atoms with Crippen LogP contribution >= 0.6 is 15.9 Å². The summed E-state index contributed by atoms with van der Waals surface area (Å²) >= 11 is 3.27. The molecule has 0 aromatic heterocycles. The van der Waals surface area contributed by atoms with Gasteiger partial charge in [-0.1, -0.05) is 15.9 Å². The Kier molecular flexibility index (Phi) is 5.97. The van der Waals surface area contributed by atoms with Crippen LogP contribution in [0.1, 0.15) is 20.3 Å². The van der Waals surface area contributed by atoms with E-state index in [1.54, 1.807) is 26.0 Å². The monoisotopic (exact) mass is 364 g/mol. The van der Waals surface area contributed by atoms with Crippen molar-refractivity contribution < 1.29 is 17.9 Å². The lowest BCUT2D eigenvalue weighted by molar-refractivity contribution is -0.117. The van der Waals surface area contributed by atoms with E-state index < -0.39 is 15.9 Å². The third-order valence-corrected chi connectivity index (χ3v) is 4.22. The highest BCUT2D eigenvalue weighted by molar-refractivity contribution is 9.10. The van der Waals surface area contributed by atoms with Gasteiger partial charge in [-0.05, 0) is 32.0 Å². The molecule has 1 rings (SSSR count). The second-order valence-electron chi connectivity index (χ2n) is 4.37. The molecule has 0 aliphatic carbocycles. The standard InChI is InChI=1S/C12H17BrN2O4S/c1-8(2)19-10-7-9(13)3-4-11(10)20(17,18)15-6-5-12(14)16/h3-4,7-8,15H,5-6H2,1-2H3,(H2,14,16). The molecule has 0 fully saturated rings. The highest BCUT2D eigenvalue weighted by Crippen LogP contribution is 2.28. The van der Waals surface area contributed by atoms with E-state index in [1.165, 1.54) is 6.07 Å². The van der Waals surface area contributed by atoms with Crippen LogP contribution in [0.5, 0.6) is 5.75 Å². The third kappa shape index (κ3) is 5.10. The fourth-order valence-corrected chi connectivity index (χ4v) is 2.92. The first-order valence-electron chi connectivity index (χ1n) is 5.96. The lowest BCUT2D eigenvalue weighted by atomic mass is 10.3. The van der Waals surface area contributed by atoms with Crippen LogP contribution in [0.25, 0.3) is 0 Å². The van der Waals surface area contributed by atoms with Gasteiger partial charge < -0.3 is 10.5 Å². The normalized spacial score (nSPS) is 11.6. The summed E-state index contributed by atoms with van der Waals surface area (Å²) in [5, 5.41) is 0. The van der Waals surface area contributed by atoms with Gasteiger partial charge >= 0.3 is 0 Å². The Balaban J connectivity index is 3.01. The fourth-order valence-electron chi connectivity index (χ4n) is 1.44. The van der Waals surface area contributed by atoms with E-state index in [1.807, 2.05) is 0 Å². The summed E-state index contributed by atoms with van der Waals surface area (Å²) < 4.78 is 32.9. The molecule has 20 heavy (non-hydrogen) atoms. The van der Waals surface area contributed by atoms with Crippen LogP contribution in [-0.2, 0) is 14.8 Å². The molecule has 0 spiro atoms. The van der Waals surface area contributed by atoms with Gasteiger partial charge in [0.2, 0.25) is 15.9 Å². The van der Waals surface area contributed by atoms with Crippen LogP contribution in [-0.4, -0.2) is 27.0 Å². The average molecular weight is 365 g/mol. The molecule has 0 aliphatic rings. The highest BCUT2D eigenvalue weighted by atomic mass is 79.9. The molecule has 0 heterocycles. The van der Waals surface area contributed by atoms with Gasteiger partial charge in [0.25, 0.3) is 0 Å². The molecule has 3 N–H and O–H groups in total. The molecule has 8 heteroatoms. The Bertz CT molecular complexity index is 587. The number of nitrogens with two attached hydrogens (primary N) is 1. The number of hydrogen-bond donors (Lipinski definition) is 2. The Morgan fingerprint density at radius 1 is 1.45 bits per heavy atom. The van der Waals surface area contributed by atoms with Crippen molar-refractivity contribution in [3.05, 3.63) is 22.7 Å². The predicted octanol–water partition coefficient (Wildman–Crippen LogP) is 1.39. The summed E-state index contributed by atoms with van der Waals surface area (Å²) in [6.45, 7) is 3.56. The Labute approximate surface area is 126 Å². The minimum Gasteiger partial charge on any atom is -0.490 e. The maximum absolute atomic E-state index is 12.2. The van der Waals surface area contributed by atoms with Crippen molar-refractivity contribution in [1.82, 2.24) is 4.72 Å². The van der Waals surface area contributed by atoms with Gasteiger partial charge in [-0.25, -0.2) is 13.1 Å². The van der Waals surface area contributed by atoms with Gasteiger partial charge in [0.1, 0.15) is 10.6 Å². The van der Waals surface area contributed by atoms with Crippen molar-refractivity contribution in [2.75, 3.05) is 6.54 Å². The molecule has 0 radical (unpaired) electrons. The molecule has 112 valence electrons. The molecule has 1 aromatic carbocycles. The lowest BCUT2D eigenvalue weighted by Gasteiger charge is -2.15. The number of ether oxygens (including phenoxy) is 1. The topological polar surface area (TPSA) is 98.5 Å². The Morgan fingerprint density at radius 2 is 2.10 bits per heavy atom. The zero-order valence-corrected chi connectivity index (χ0v) is 13.6. The maximum Gasteiger partial charge on any atom is 0.244 e. The molecule has 1 aromatic rings. The highest BCUT2D eigenvalue weighted by Gasteiger charge is 2.20. The van der Waals surface area contributed by atoms with Crippen LogP contribution in [0, 0.1) is 0 Å². The Morgan fingerprint density at radius 3 is 2.65 bits per heavy atom. The zero-order chi connectivity index (χ0) is 15.3. The van der Waals surface area contributed by atoms with Gasteiger partial charge in [-0.3, -0.25) is 4.79 Å². The summed E-state index contributed by atoms with van der Waals surface area (Å²) in [5.74, 6) is -0.317. The van der Waals surface area contributed by atoms with Crippen molar-refractivity contribution in [2.45, 2.75) is 31.3 Å². The SMILES string of the molecule is CC(C)Oc1cc(Br)ccc1S(=O)(=O)NCCC(N)=O. The number of nitrogens with one attached hydrogen (secondary N) is 1. The van der Waals surface area contributed by atoms with Crippen LogP contribution in [0.15, 0.2) is 27.6 Å². The van der Waals surface area contributed by atoms with E-state index >= 15 is 0 Å². The largest absolute Gasteiger partial charge is 0.490 e. The number of sulfonamides is 1. The molecule has 0 saturated heterocycles. The predicted molar refractivity (Wildman–Crippen MR) is 78.9 cm³/mol. The molecular formula is C12H17BrN2O4S. The van der Waals surface area contributed by atoms with Gasteiger partial charge in [-0.2, -0.15) is 0 Å². The van der Waals surface area contributed by atoms with Crippen molar-refractivity contribution >= 4 is 31.9 Å². The van der Waals surface area contributed by atoms with Gasteiger partial charge in [0.05, 0.1) is 6.10 Å². The van der Waals surface area contributed by atoms with E-state index in [4.69, 9.17) is 10.5 Å². The minimum absolute atomic E-state index is 0.0267. The number of rotatable bonds is 7. The van der Waals surface area contributed by atoms with Crippen LogP contribution < -0.4 is 15.2 Å². The number of halogens is 1. The van der Waals surface area contributed by atoms with E-state index in [9.17, 15) is 13.2 Å². The van der Waals surface area contributed by atoms with Crippen molar-refractivity contribution in [1.29, 1.82) is 0 Å². The lowest BCUT2D eigenvalue weighted by Crippen LogP contribution is -2.28. The number of carbonyl (C=O) groups excluding carboxylic acids is 1. The molecule has 0 unspecified atom stereocenters. The van der Waals surface area contributed by atoms with E-state index in [-0.39, 0.29) is 29.7 Å². The minimum atomic E-state index is -3.75. The molecular weight excluding hydrogens is 348 g/mol. The first kappa shape index (κ1) is 16.9. The Hall–Kier alpha value is -1.12. The summed E-state index contributed by atoms with van der Waals surface area (Å²) in [6.07, 6.45) is -0.222. The smallest absolute Gasteiger partial charge is 0.244 e. The second-order valence-corrected chi connectivity index (χ2v) is 7.02. The summed E-state index contributed by atoms with van der Waals surface area (Å²) in [5.41, 5.74) is 4.97. The molecule has 6 nitrogen and oxygen atoms in total. The maximum atomic E-state index is 12.2. The fraction of sp³-hybridized carbons (Fsp3) is 0.417. The number of amides is 1. The van der Waals surface area contributed by atoms with Gasteiger partial charge in [-0.15, -0.1) is 0 Å². The zero-order valence-electron chi connectivity index (χ0n) is 11.2. The summed E-state index contributed by atoms with van der Waals surface area (Å²) in [7, 11) is -3.75. The van der Waals surface area contributed by atoms with Crippen molar-refractivity contribution in [3.8, 4) is 5.75 Å². The summed E-state index contributed by atoms with van der Waals surface area (Å²) in [6, 6.07) is 4.63.